The Kier molecular flexibility index (Phi) is 5.39. The smallest absolute Gasteiger partial charge is 0.252 e. The van der Waals surface area contributed by atoms with E-state index in [9.17, 15) is 9.90 Å². The number of nitrogens with one attached hydrogen (secondary N) is 1. The van der Waals surface area contributed by atoms with Crippen molar-refractivity contribution in [3.05, 3.63) is 34.3 Å². The maximum absolute atomic E-state index is 12.1. The molecule has 0 spiro atoms. The zero-order chi connectivity index (χ0) is 14.6. The number of aliphatic hydroxyl groups is 1. The van der Waals surface area contributed by atoms with Gasteiger partial charge in [0.1, 0.15) is 0 Å². The van der Waals surface area contributed by atoms with Crippen LogP contribution in [0.4, 0.5) is 0 Å². The van der Waals surface area contributed by atoms with Crippen molar-refractivity contribution in [2.75, 3.05) is 6.54 Å². The molecule has 2 atom stereocenters. The number of benzene rings is 1. The maximum Gasteiger partial charge on any atom is 0.252 e. The van der Waals surface area contributed by atoms with Crippen molar-refractivity contribution in [3.8, 4) is 0 Å². The molecule has 0 heterocycles. The van der Waals surface area contributed by atoms with Crippen molar-refractivity contribution in [1.29, 1.82) is 0 Å². The van der Waals surface area contributed by atoms with Crippen LogP contribution < -0.4 is 5.32 Å². The molecule has 19 heavy (non-hydrogen) atoms. The minimum Gasteiger partial charge on any atom is -0.388 e. The van der Waals surface area contributed by atoms with Gasteiger partial charge >= 0.3 is 0 Å². The number of carbonyl (C=O) groups is 1. The summed E-state index contributed by atoms with van der Waals surface area (Å²) < 4.78 is 0. The highest BCUT2D eigenvalue weighted by atomic mass is 35.5. The van der Waals surface area contributed by atoms with Crippen molar-refractivity contribution in [2.24, 2.45) is 5.92 Å². The molecule has 2 unspecified atom stereocenters. The molecule has 0 saturated heterocycles. The van der Waals surface area contributed by atoms with Crippen LogP contribution in [0.5, 0.6) is 0 Å². The second-order valence-electron chi connectivity index (χ2n) is 5.29. The summed E-state index contributed by atoms with van der Waals surface area (Å²) in [4.78, 5) is 12.1. The van der Waals surface area contributed by atoms with Gasteiger partial charge in [-0.1, -0.05) is 44.0 Å². The Morgan fingerprint density at radius 2 is 2.16 bits per heavy atom. The lowest BCUT2D eigenvalue weighted by molar-refractivity contribution is 0.00593. The lowest BCUT2D eigenvalue weighted by Gasteiger charge is -2.29. The van der Waals surface area contributed by atoms with Crippen LogP contribution >= 0.6 is 11.6 Å². The minimum atomic E-state index is -0.916. The SMILES string of the molecule is CCC(C)C(C)(O)CNC(=O)c1cccc(C)c1Cl. The summed E-state index contributed by atoms with van der Waals surface area (Å²) in [6.45, 7) is 7.78. The first-order valence-electron chi connectivity index (χ1n) is 6.55. The third-order valence-electron chi connectivity index (χ3n) is 3.72. The molecule has 0 aliphatic rings. The van der Waals surface area contributed by atoms with Gasteiger partial charge in [-0.05, 0) is 31.4 Å². The van der Waals surface area contributed by atoms with Crippen LogP contribution in [-0.2, 0) is 0 Å². The van der Waals surface area contributed by atoms with Gasteiger partial charge < -0.3 is 10.4 Å². The standard InChI is InChI=1S/C15H22ClNO2/c1-5-11(3)15(4,19)9-17-14(18)12-8-6-7-10(2)13(12)16/h6-8,11,19H,5,9H2,1-4H3,(H,17,18). The number of amides is 1. The van der Waals surface area contributed by atoms with Gasteiger partial charge in [0, 0.05) is 6.54 Å². The zero-order valence-corrected chi connectivity index (χ0v) is 12.7. The summed E-state index contributed by atoms with van der Waals surface area (Å²) in [6.07, 6.45) is 0.855. The van der Waals surface area contributed by atoms with E-state index in [0.29, 0.717) is 10.6 Å². The molecular weight excluding hydrogens is 262 g/mol. The van der Waals surface area contributed by atoms with Gasteiger partial charge in [-0.25, -0.2) is 0 Å². The van der Waals surface area contributed by atoms with E-state index >= 15 is 0 Å². The highest BCUT2D eigenvalue weighted by molar-refractivity contribution is 6.34. The Labute approximate surface area is 120 Å². The third kappa shape index (κ3) is 3.95. The molecule has 0 aliphatic heterocycles. The molecule has 3 nitrogen and oxygen atoms in total. The number of hydrogen-bond donors (Lipinski definition) is 2. The van der Waals surface area contributed by atoms with E-state index in [1.165, 1.54) is 0 Å². The fraction of sp³-hybridized carbons (Fsp3) is 0.533. The molecule has 0 aliphatic carbocycles. The fourth-order valence-electron chi connectivity index (χ4n) is 1.79. The quantitative estimate of drug-likeness (QED) is 0.872. The molecule has 0 bridgehead atoms. The second-order valence-corrected chi connectivity index (χ2v) is 5.66. The van der Waals surface area contributed by atoms with E-state index < -0.39 is 5.60 Å². The van der Waals surface area contributed by atoms with Crippen molar-refractivity contribution < 1.29 is 9.90 Å². The summed E-state index contributed by atoms with van der Waals surface area (Å²) in [5.41, 5.74) is 0.394. The van der Waals surface area contributed by atoms with Crippen molar-refractivity contribution in [3.63, 3.8) is 0 Å². The Bertz CT molecular complexity index is 457. The van der Waals surface area contributed by atoms with Crippen molar-refractivity contribution in [1.82, 2.24) is 5.32 Å². The van der Waals surface area contributed by atoms with Crippen LogP contribution in [-0.4, -0.2) is 23.2 Å². The Balaban J connectivity index is 2.74. The number of halogens is 1. The predicted molar refractivity (Wildman–Crippen MR) is 78.6 cm³/mol. The lowest BCUT2D eigenvalue weighted by Crippen LogP contribution is -2.45. The Morgan fingerprint density at radius 1 is 1.53 bits per heavy atom. The van der Waals surface area contributed by atoms with Gasteiger partial charge in [0.25, 0.3) is 5.91 Å². The van der Waals surface area contributed by atoms with Gasteiger partial charge in [0.15, 0.2) is 0 Å². The maximum atomic E-state index is 12.1. The average molecular weight is 284 g/mol. The molecule has 1 aromatic rings. The third-order valence-corrected chi connectivity index (χ3v) is 4.22. The number of rotatable bonds is 5. The van der Waals surface area contributed by atoms with E-state index in [4.69, 9.17) is 11.6 Å². The van der Waals surface area contributed by atoms with E-state index in [2.05, 4.69) is 5.32 Å². The molecule has 2 N–H and O–H groups in total. The lowest BCUT2D eigenvalue weighted by atomic mass is 9.88. The molecule has 106 valence electrons. The molecule has 0 saturated carbocycles. The molecule has 4 heteroatoms. The van der Waals surface area contributed by atoms with Crippen LogP contribution in [0, 0.1) is 12.8 Å². The first-order chi connectivity index (χ1) is 8.79. The van der Waals surface area contributed by atoms with Gasteiger partial charge in [-0.2, -0.15) is 0 Å². The fourth-order valence-corrected chi connectivity index (χ4v) is 2.00. The zero-order valence-electron chi connectivity index (χ0n) is 12.0. The summed E-state index contributed by atoms with van der Waals surface area (Å²) in [5, 5.41) is 13.5. The van der Waals surface area contributed by atoms with Gasteiger partial charge in [-0.3, -0.25) is 4.79 Å². The first-order valence-corrected chi connectivity index (χ1v) is 6.93. The molecule has 1 amide bonds. The highest BCUT2D eigenvalue weighted by Crippen LogP contribution is 2.21. The minimum absolute atomic E-state index is 0.112. The summed E-state index contributed by atoms with van der Waals surface area (Å²) in [7, 11) is 0. The Hall–Kier alpha value is -1.06. The summed E-state index contributed by atoms with van der Waals surface area (Å²) >= 11 is 6.10. The van der Waals surface area contributed by atoms with E-state index in [0.717, 1.165) is 12.0 Å². The molecule has 0 fully saturated rings. The predicted octanol–water partition coefficient (Wildman–Crippen LogP) is 3.18. The molecule has 0 radical (unpaired) electrons. The topological polar surface area (TPSA) is 49.3 Å². The second kappa shape index (κ2) is 6.40. The average Bonchev–Trinajstić information content (AvgIpc) is 2.38. The van der Waals surface area contributed by atoms with Crippen LogP contribution in [0.2, 0.25) is 5.02 Å². The monoisotopic (exact) mass is 283 g/mol. The molecule has 0 aromatic heterocycles. The number of carbonyl (C=O) groups excluding carboxylic acids is 1. The van der Waals surface area contributed by atoms with E-state index in [-0.39, 0.29) is 18.4 Å². The Morgan fingerprint density at radius 3 is 2.74 bits per heavy atom. The van der Waals surface area contributed by atoms with Gasteiger partial charge in [0.05, 0.1) is 16.2 Å². The van der Waals surface area contributed by atoms with Gasteiger partial charge in [-0.15, -0.1) is 0 Å². The summed E-state index contributed by atoms with van der Waals surface area (Å²) in [6, 6.07) is 5.33. The molecular formula is C15H22ClNO2. The summed E-state index contributed by atoms with van der Waals surface area (Å²) in [5.74, 6) is -0.141. The van der Waals surface area contributed by atoms with Crippen LogP contribution in [0.3, 0.4) is 0 Å². The van der Waals surface area contributed by atoms with Crippen LogP contribution in [0.25, 0.3) is 0 Å². The molecule has 1 aromatic carbocycles. The molecule has 1 rings (SSSR count). The van der Waals surface area contributed by atoms with Crippen molar-refractivity contribution in [2.45, 2.75) is 39.7 Å². The van der Waals surface area contributed by atoms with E-state index in [1.54, 1.807) is 19.1 Å². The number of hydrogen-bond acceptors (Lipinski definition) is 2. The van der Waals surface area contributed by atoms with Gasteiger partial charge in [0.2, 0.25) is 0 Å². The van der Waals surface area contributed by atoms with Crippen molar-refractivity contribution >= 4 is 17.5 Å². The number of aryl methyl sites for hydroxylation is 1. The van der Waals surface area contributed by atoms with Crippen LogP contribution in [0.1, 0.15) is 43.1 Å². The largest absolute Gasteiger partial charge is 0.388 e. The normalized spacial score (nSPS) is 15.7. The van der Waals surface area contributed by atoms with E-state index in [1.807, 2.05) is 26.8 Å². The van der Waals surface area contributed by atoms with Crippen LogP contribution in [0.15, 0.2) is 18.2 Å². The highest BCUT2D eigenvalue weighted by Gasteiger charge is 2.27. The first kappa shape index (κ1) is 16.0.